The average Bonchev–Trinajstić information content (AvgIpc) is 2.53. The predicted molar refractivity (Wildman–Crippen MR) is 82.3 cm³/mol. The molecule has 2 unspecified atom stereocenters. The van der Waals surface area contributed by atoms with Crippen molar-refractivity contribution in [1.82, 2.24) is 15.2 Å². The fraction of sp³-hybridized carbons (Fsp3) is 0.625. The maximum absolute atomic E-state index is 11.6. The molecule has 0 aliphatic heterocycles. The third kappa shape index (κ3) is 3.80. The molecule has 1 heterocycles. The van der Waals surface area contributed by atoms with Gasteiger partial charge in [0.2, 0.25) is 0 Å². The van der Waals surface area contributed by atoms with E-state index in [0.717, 1.165) is 25.8 Å². The standard InChI is InChI=1S/C16H25N3O2/c1-17-16(15(20)21)8-3-4-14(12-16)19(2)11-7-13-5-9-18-10-6-13/h5-6,9-10,14,17H,3-4,7-8,11-12H2,1-2H3,(H,20,21). The summed E-state index contributed by atoms with van der Waals surface area (Å²) >= 11 is 0. The van der Waals surface area contributed by atoms with Crippen LogP contribution in [-0.2, 0) is 11.2 Å². The van der Waals surface area contributed by atoms with Crippen LogP contribution in [0.3, 0.4) is 0 Å². The minimum Gasteiger partial charge on any atom is -0.480 e. The van der Waals surface area contributed by atoms with Crippen molar-refractivity contribution in [3.63, 3.8) is 0 Å². The Labute approximate surface area is 126 Å². The summed E-state index contributed by atoms with van der Waals surface area (Å²) < 4.78 is 0. The van der Waals surface area contributed by atoms with Gasteiger partial charge in [-0.15, -0.1) is 0 Å². The molecule has 0 spiro atoms. The topological polar surface area (TPSA) is 65.5 Å². The first-order valence-electron chi connectivity index (χ1n) is 7.59. The summed E-state index contributed by atoms with van der Waals surface area (Å²) in [7, 11) is 3.85. The Balaban J connectivity index is 1.93. The van der Waals surface area contributed by atoms with Gasteiger partial charge in [0.15, 0.2) is 0 Å². The molecule has 0 bridgehead atoms. The lowest BCUT2D eigenvalue weighted by molar-refractivity contribution is -0.147. The van der Waals surface area contributed by atoms with Crippen LogP contribution in [0.25, 0.3) is 0 Å². The van der Waals surface area contributed by atoms with E-state index in [2.05, 4.69) is 22.2 Å². The number of hydrogen-bond acceptors (Lipinski definition) is 4. The number of carboxylic acid groups (broad SMARTS) is 1. The molecule has 1 aliphatic carbocycles. The van der Waals surface area contributed by atoms with Crippen molar-refractivity contribution in [3.05, 3.63) is 30.1 Å². The van der Waals surface area contributed by atoms with Gasteiger partial charge in [0.1, 0.15) is 5.54 Å². The van der Waals surface area contributed by atoms with E-state index in [1.54, 1.807) is 7.05 Å². The maximum atomic E-state index is 11.6. The largest absolute Gasteiger partial charge is 0.480 e. The van der Waals surface area contributed by atoms with Gasteiger partial charge in [0, 0.05) is 25.0 Å². The molecule has 0 aromatic carbocycles. The zero-order valence-corrected chi connectivity index (χ0v) is 12.9. The zero-order chi connectivity index (χ0) is 15.3. The SMILES string of the molecule is CNC1(C(=O)O)CCCC(N(C)CCc2ccncc2)C1. The number of pyridine rings is 1. The van der Waals surface area contributed by atoms with Crippen LogP contribution in [0.5, 0.6) is 0 Å². The lowest BCUT2D eigenvalue weighted by atomic mass is 9.78. The summed E-state index contributed by atoms with van der Waals surface area (Å²) in [5.74, 6) is -0.725. The summed E-state index contributed by atoms with van der Waals surface area (Å²) in [6.45, 7) is 0.939. The molecule has 1 aliphatic rings. The number of rotatable bonds is 6. The molecule has 0 radical (unpaired) electrons. The number of carbonyl (C=O) groups is 1. The predicted octanol–water partition coefficient (Wildman–Crippen LogP) is 1.54. The number of aromatic nitrogens is 1. The highest BCUT2D eigenvalue weighted by Crippen LogP contribution is 2.31. The summed E-state index contributed by atoms with van der Waals surface area (Å²) in [4.78, 5) is 17.9. The number of likely N-dealkylation sites (N-methyl/N-ethyl adjacent to an activating group) is 2. The second-order valence-corrected chi connectivity index (χ2v) is 5.97. The molecular formula is C16H25N3O2. The second-order valence-electron chi connectivity index (χ2n) is 5.97. The van der Waals surface area contributed by atoms with Crippen molar-refractivity contribution in [3.8, 4) is 0 Å². The van der Waals surface area contributed by atoms with Crippen LogP contribution in [-0.4, -0.2) is 53.2 Å². The van der Waals surface area contributed by atoms with Gasteiger partial charge < -0.3 is 15.3 Å². The Bertz CT molecular complexity index is 466. The third-order valence-corrected chi connectivity index (χ3v) is 4.74. The average molecular weight is 291 g/mol. The van der Waals surface area contributed by atoms with Crippen molar-refractivity contribution >= 4 is 5.97 Å². The van der Waals surface area contributed by atoms with Crippen LogP contribution in [0.15, 0.2) is 24.5 Å². The van der Waals surface area contributed by atoms with Gasteiger partial charge in [-0.2, -0.15) is 0 Å². The van der Waals surface area contributed by atoms with Gasteiger partial charge in [0.25, 0.3) is 0 Å². The van der Waals surface area contributed by atoms with Crippen molar-refractivity contribution in [2.75, 3.05) is 20.6 Å². The molecule has 0 amide bonds. The number of nitrogens with zero attached hydrogens (tertiary/aromatic N) is 2. The highest BCUT2D eigenvalue weighted by atomic mass is 16.4. The molecule has 2 rings (SSSR count). The first-order chi connectivity index (χ1) is 10.1. The number of hydrogen-bond donors (Lipinski definition) is 2. The summed E-state index contributed by atoms with van der Waals surface area (Å²) in [6, 6.07) is 4.39. The first-order valence-corrected chi connectivity index (χ1v) is 7.59. The number of carboxylic acids is 1. The lowest BCUT2D eigenvalue weighted by Gasteiger charge is -2.41. The van der Waals surface area contributed by atoms with Crippen LogP contribution in [0, 0.1) is 0 Å². The second kappa shape index (κ2) is 7.00. The van der Waals surface area contributed by atoms with Gasteiger partial charge in [-0.1, -0.05) is 0 Å². The Morgan fingerprint density at radius 1 is 1.52 bits per heavy atom. The van der Waals surface area contributed by atoms with Gasteiger partial charge in [-0.3, -0.25) is 9.78 Å². The van der Waals surface area contributed by atoms with E-state index in [1.165, 1.54) is 5.56 Å². The third-order valence-electron chi connectivity index (χ3n) is 4.74. The molecule has 21 heavy (non-hydrogen) atoms. The highest BCUT2D eigenvalue weighted by Gasteiger charge is 2.42. The van der Waals surface area contributed by atoms with Crippen molar-refractivity contribution < 1.29 is 9.90 Å². The minimum absolute atomic E-state index is 0.323. The van der Waals surface area contributed by atoms with Gasteiger partial charge in [0.05, 0.1) is 0 Å². The monoisotopic (exact) mass is 291 g/mol. The van der Waals surface area contributed by atoms with E-state index in [9.17, 15) is 9.90 Å². The van der Waals surface area contributed by atoms with Gasteiger partial charge in [-0.05, 0) is 63.9 Å². The van der Waals surface area contributed by atoms with Crippen LogP contribution in [0.4, 0.5) is 0 Å². The van der Waals surface area contributed by atoms with Gasteiger partial charge in [-0.25, -0.2) is 0 Å². The molecule has 116 valence electrons. The Morgan fingerprint density at radius 3 is 2.86 bits per heavy atom. The van der Waals surface area contributed by atoms with Crippen molar-refractivity contribution in [2.45, 2.75) is 43.7 Å². The molecule has 0 saturated heterocycles. The fourth-order valence-electron chi connectivity index (χ4n) is 3.19. The molecule has 1 aromatic heterocycles. The van der Waals surface area contributed by atoms with Gasteiger partial charge >= 0.3 is 5.97 Å². The minimum atomic E-state index is -0.756. The Morgan fingerprint density at radius 2 is 2.24 bits per heavy atom. The molecule has 5 heteroatoms. The highest BCUT2D eigenvalue weighted by molar-refractivity contribution is 5.79. The summed E-state index contributed by atoms with van der Waals surface area (Å²) in [6.07, 6.45) is 8.01. The Kier molecular flexibility index (Phi) is 5.31. The number of nitrogens with one attached hydrogen (secondary N) is 1. The molecule has 2 atom stereocenters. The summed E-state index contributed by atoms with van der Waals surface area (Å²) in [5, 5.41) is 12.5. The van der Waals surface area contributed by atoms with E-state index in [0.29, 0.717) is 18.9 Å². The van der Waals surface area contributed by atoms with E-state index in [1.807, 2.05) is 24.5 Å². The van der Waals surface area contributed by atoms with E-state index < -0.39 is 11.5 Å². The zero-order valence-electron chi connectivity index (χ0n) is 12.9. The van der Waals surface area contributed by atoms with Crippen molar-refractivity contribution in [1.29, 1.82) is 0 Å². The lowest BCUT2D eigenvalue weighted by Crippen LogP contribution is -2.56. The number of aliphatic carboxylic acids is 1. The van der Waals surface area contributed by atoms with Crippen molar-refractivity contribution in [2.24, 2.45) is 0 Å². The normalized spacial score (nSPS) is 26.0. The van der Waals surface area contributed by atoms with E-state index in [4.69, 9.17) is 0 Å². The molecule has 1 saturated carbocycles. The van der Waals surface area contributed by atoms with Crippen LogP contribution >= 0.6 is 0 Å². The molecular weight excluding hydrogens is 266 g/mol. The Hall–Kier alpha value is -1.46. The van der Waals surface area contributed by atoms with E-state index >= 15 is 0 Å². The molecule has 1 fully saturated rings. The molecule has 2 N–H and O–H groups in total. The maximum Gasteiger partial charge on any atom is 0.323 e. The van der Waals surface area contributed by atoms with Crippen LogP contribution < -0.4 is 5.32 Å². The molecule has 1 aromatic rings. The van der Waals surface area contributed by atoms with Crippen LogP contribution in [0.2, 0.25) is 0 Å². The fourth-order valence-corrected chi connectivity index (χ4v) is 3.19. The summed E-state index contributed by atoms with van der Waals surface area (Å²) in [5.41, 5.74) is 0.513. The smallest absolute Gasteiger partial charge is 0.323 e. The van der Waals surface area contributed by atoms with E-state index in [-0.39, 0.29) is 0 Å². The first kappa shape index (κ1) is 15.9. The molecule has 5 nitrogen and oxygen atoms in total. The van der Waals surface area contributed by atoms with Crippen LogP contribution in [0.1, 0.15) is 31.2 Å². The quantitative estimate of drug-likeness (QED) is 0.832.